The highest BCUT2D eigenvalue weighted by molar-refractivity contribution is 5.92. The molecule has 5 heteroatoms. The van der Waals surface area contributed by atoms with Crippen LogP contribution in [0.3, 0.4) is 0 Å². The number of nitrogens with two attached hydrogens (primary N) is 1. The second-order valence-corrected chi connectivity index (χ2v) is 3.00. The summed E-state index contributed by atoms with van der Waals surface area (Å²) in [7, 11) is 0. The third kappa shape index (κ3) is 2.98. The van der Waals surface area contributed by atoms with Crippen molar-refractivity contribution in [3.05, 3.63) is 29.8 Å². The van der Waals surface area contributed by atoms with Crippen LogP contribution in [-0.2, 0) is 9.53 Å². The summed E-state index contributed by atoms with van der Waals surface area (Å²) in [5.74, 6) is -1.46. The Kier molecular flexibility index (Phi) is 3.28. The van der Waals surface area contributed by atoms with Crippen LogP contribution in [0, 0.1) is 0 Å². The fourth-order valence-corrected chi connectivity index (χ4v) is 0.920. The molecule has 0 unspecified atom stereocenters. The summed E-state index contributed by atoms with van der Waals surface area (Å²) in [6.45, 7) is 1.38. The number of hydrogen-bond acceptors (Lipinski definition) is 4. The van der Waals surface area contributed by atoms with Gasteiger partial charge in [-0.2, -0.15) is 0 Å². The van der Waals surface area contributed by atoms with E-state index in [1.54, 1.807) is 0 Å². The predicted octanol–water partition coefficient (Wildman–Crippen LogP) is 0.423. The molecular formula is C10H11NO4. The molecule has 0 bridgehead atoms. The zero-order chi connectivity index (χ0) is 11.4. The highest BCUT2D eigenvalue weighted by Gasteiger charge is 2.16. The maximum absolute atomic E-state index is 11.4. The van der Waals surface area contributed by atoms with E-state index < -0.39 is 18.0 Å². The summed E-state index contributed by atoms with van der Waals surface area (Å²) < 4.78 is 4.73. The molecule has 1 aromatic rings. The van der Waals surface area contributed by atoms with Crippen molar-refractivity contribution in [3.63, 3.8) is 0 Å². The Balaban J connectivity index is 2.73. The van der Waals surface area contributed by atoms with Gasteiger partial charge in [0.15, 0.2) is 6.10 Å². The molecule has 0 aliphatic carbocycles. The molecule has 5 nitrogen and oxygen atoms in total. The summed E-state index contributed by atoms with van der Waals surface area (Å²) in [4.78, 5) is 22.0. The lowest BCUT2D eigenvalue weighted by molar-refractivity contribution is -0.125. The third-order valence-electron chi connectivity index (χ3n) is 1.77. The van der Waals surface area contributed by atoms with E-state index in [0.717, 1.165) is 0 Å². The van der Waals surface area contributed by atoms with Crippen molar-refractivity contribution in [1.82, 2.24) is 0 Å². The maximum atomic E-state index is 11.4. The molecule has 0 saturated carbocycles. The number of phenols is 1. The summed E-state index contributed by atoms with van der Waals surface area (Å²) in [6, 6.07) is 5.64. The van der Waals surface area contributed by atoms with E-state index in [2.05, 4.69) is 0 Å². The highest BCUT2D eigenvalue weighted by Crippen LogP contribution is 2.12. The number of carbonyl (C=O) groups excluding carboxylic acids is 2. The van der Waals surface area contributed by atoms with E-state index in [-0.39, 0.29) is 11.3 Å². The van der Waals surface area contributed by atoms with E-state index in [1.807, 2.05) is 0 Å². The molecule has 0 radical (unpaired) electrons. The Bertz CT molecular complexity index is 389. The Morgan fingerprint density at radius 1 is 1.47 bits per heavy atom. The Labute approximate surface area is 86.5 Å². The van der Waals surface area contributed by atoms with Crippen LogP contribution in [0.25, 0.3) is 0 Å². The van der Waals surface area contributed by atoms with Crippen molar-refractivity contribution in [3.8, 4) is 5.75 Å². The highest BCUT2D eigenvalue weighted by atomic mass is 16.5. The van der Waals surface area contributed by atoms with Crippen molar-refractivity contribution >= 4 is 11.9 Å². The molecule has 0 saturated heterocycles. The molecule has 1 amide bonds. The Morgan fingerprint density at radius 2 is 2.13 bits per heavy atom. The molecule has 0 spiro atoms. The number of primary amides is 1. The average molecular weight is 209 g/mol. The van der Waals surface area contributed by atoms with Gasteiger partial charge in [-0.05, 0) is 25.1 Å². The minimum absolute atomic E-state index is 0.0452. The van der Waals surface area contributed by atoms with Gasteiger partial charge >= 0.3 is 5.97 Å². The van der Waals surface area contributed by atoms with Gasteiger partial charge in [0.1, 0.15) is 5.75 Å². The first-order valence-corrected chi connectivity index (χ1v) is 4.30. The second kappa shape index (κ2) is 4.45. The van der Waals surface area contributed by atoms with Crippen molar-refractivity contribution < 1.29 is 19.4 Å². The van der Waals surface area contributed by atoms with Gasteiger partial charge in [0.25, 0.3) is 5.91 Å². The van der Waals surface area contributed by atoms with Crippen LogP contribution in [-0.4, -0.2) is 23.1 Å². The molecular weight excluding hydrogens is 198 g/mol. The fourth-order valence-electron chi connectivity index (χ4n) is 0.920. The summed E-state index contributed by atoms with van der Waals surface area (Å²) >= 11 is 0. The van der Waals surface area contributed by atoms with Gasteiger partial charge in [0.2, 0.25) is 0 Å². The maximum Gasteiger partial charge on any atom is 0.339 e. The van der Waals surface area contributed by atoms with E-state index in [1.165, 1.54) is 31.2 Å². The standard InChI is InChI=1S/C10H11NO4/c1-6(9(11)13)15-10(14)7-3-2-4-8(12)5-7/h2-6,12H,1H3,(H2,11,13)/t6-/m1/s1. The van der Waals surface area contributed by atoms with Gasteiger partial charge in [-0.1, -0.05) is 6.07 Å². The summed E-state index contributed by atoms with van der Waals surface area (Å²) in [5, 5.41) is 9.11. The SMILES string of the molecule is C[C@@H](OC(=O)c1cccc(O)c1)C(N)=O. The first-order valence-electron chi connectivity index (χ1n) is 4.30. The van der Waals surface area contributed by atoms with Gasteiger partial charge < -0.3 is 15.6 Å². The van der Waals surface area contributed by atoms with Crippen LogP contribution in [0.1, 0.15) is 17.3 Å². The van der Waals surface area contributed by atoms with Crippen LogP contribution in [0.5, 0.6) is 5.75 Å². The summed E-state index contributed by atoms with van der Waals surface area (Å²) in [6.07, 6.45) is -0.986. The number of carbonyl (C=O) groups is 2. The minimum atomic E-state index is -0.986. The number of esters is 1. The largest absolute Gasteiger partial charge is 0.508 e. The molecule has 3 N–H and O–H groups in total. The van der Waals surface area contributed by atoms with Gasteiger partial charge in [0, 0.05) is 0 Å². The zero-order valence-corrected chi connectivity index (χ0v) is 8.14. The number of hydrogen-bond donors (Lipinski definition) is 2. The first kappa shape index (κ1) is 11.0. The predicted molar refractivity (Wildman–Crippen MR) is 52.2 cm³/mol. The molecule has 0 fully saturated rings. The van der Waals surface area contributed by atoms with Crippen LogP contribution >= 0.6 is 0 Å². The molecule has 1 aromatic carbocycles. The molecule has 0 aliphatic rings. The number of ether oxygens (including phenoxy) is 1. The van der Waals surface area contributed by atoms with Gasteiger partial charge in [-0.15, -0.1) is 0 Å². The van der Waals surface area contributed by atoms with E-state index in [4.69, 9.17) is 15.6 Å². The quantitative estimate of drug-likeness (QED) is 0.706. The van der Waals surface area contributed by atoms with E-state index in [9.17, 15) is 9.59 Å². The smallest absolute Gasteiger partial charge is 0.339 e. The number of phenolic OH excluding ortho intramolecular Hbond substituents is 1. The second-order valence-electron chi connectivity index (χ2n) is 3.00. The number of amides is 1. The molecule has 0 aliphatic heterocycles. The number of rotatable bonds is 3. The van der Waals surface area contributed by atoms with E-state index in [0.29, 0.717) is 0 Å². The average Bonchev–Trinajstić information content (AvgIpc) is 2.17. The van der Waals surface area contributed by atoms with E-state index >= 15 is 0 Å². The molecule has 80 valence electrons. The van der Waals surface area contributed by atoms with Gasteiger partial charge in [0.05, 0.1) is 5.56 Å². The van der Waals surface area contributed by atoms with Crippen molar-refractivity contribution in [1.29, 1.82) is 0 Å². The van der Waals surface area contributed by atoms with Crippen LogP contribution in [0.4, 0.5) is 0 Å². The summed E-state index contributed by atoms with van der Waals surface area (Å²) in [5.41, 5.74) is 5.10. The lowest BCUT2D eigenvalue weighted by atomic mass is 10.2. The molecule has 0 heterocycles. The van der Waals surface area contributed by atoms with Crippen molar-refractivity contribution in [2.45, 2.75) is 13.0 Å². The lowest BCUT2D eigenvalue weighted by Gasteiger charge is -2.09. The Morgan fingerprint density at radius 3 is 2.67 bits per heavy atom. The molecule has 0 aromatic heterocycles. The number of aromatic hydroxyl groups is 1. The number of benzene rings is 1. The molecule has 1 atom stereocenters. The van der Waals surface area contributed by atoms with Crippen molar-refractivity contribution in [2.24, 2.45) is 5.73 Å². The van der Waals surface area contributed by atoms with Crippen LogP contribution in [0.15, 0.2) is 24.3 Å². The van der Waals surface area contributed by atoms with Gasteiger partial charge in [-0.25, -0.2) is 4.79 Å². The minimum Gasteiger partial charge on any atom is -0.508 e. The first-order chi connectivity index (χ1) is 7.00. The zero-order valence-electron chi connectivity index (χ0n) is 8.14. The lowest BCUT2D eigenvalue weighted by Crippen LogP contribution is -2.30. The normalized spacial score (nSPS) is 11.8. The molecule has 15 heavy (non-hydrogen) atoms. The topological polar surface area (TPSA) is 89.6 Å². The fraction of sp³-hybridized carbons (Fsp3) is 0.200. The Hall–Kier alpha value is -2.04. The van der Waals surface area contributed by atoms with Crippen LogP contribution < -0.4 is 5.73 Å². The monoisotopic (exact) mass is 209 g/mol. The third-order valence-corrected chi connectivity index (χ3v) is 1.77. The van der Waals surface area contributed by atoms with Crippen molar-refractivity contribution in [2.75, 3.05) is 0 Å². The molecule has 1 rings (SSSR count). The van der Waals surface area contributed by atoms with Gasteiger partial charge in [-0.3, -0.25) is 4.79 Å². The van der Waals surface area contributed by atoms with Crippen LogP contribution in [0.2, 0.25) is 0 Å².